The molecule has 1 heterocycles. The molecule has 1 saturated heterocycles. The Hall–Kier alpha value is -0.120. The van der Waals surface area contributed by atoms with Crippen LogP contribution in [0.3, 0.4) is 0 Å². The van der Waals surface area contributed by atoms with Crippen molar-refractivity contribution in [2.75, 3.05) is 13.1 Å². The molecule has 0 aromatic rings. The SMILES string of the molecule is CC(CC1CCCCN1)NCC1(O)CCCCCC1. The summed E-state index contributed by atoms with van der Waals surface area (Å²) in [5.41, 5.74) is -0.440. The lowest BCUT2D eigenvalue weighted by Gasteiger charge is -2.31. The molecule has 2 fully saturated rings. The van der Waals surface area contributed by atoms with E-state index in [2.05, 4.69) is 17.6 Å². The quantitative estimate of drug-likeness (QED) is 0.672. The summed E-state index contributed by atoms with van der Waals surface area (Å²) in [6.07, 6.45) is 12.1. The van der Waals surface area contributed by atoms with E-state index >= 15 is 0 Å². The highest BCUT2D eigenvalue weighted by molar-refractivity contribution is 4.85. The average Bonchev–Trinajstić information content (AvgIpc) is 2.63. The van der Waals surface area contributed by atoms with Crippen LogP contribution >= 0.6 is 0 Å². The first-order valence-electron chi connectivity index (χ1n) is 8.37. The zero-order valence-corrected chi connectivity index (χ0v) is 12.6. The lowest BCUT2D eigenvalue weighted by Crippen LogP contribution is -2.46. The first-order valence-corrected chi connectivity index (χ1v) is 8.37. The van der Waals surface area contributed by atoms with E-state index < -0.39 is 5.60 Å². The van der Waals surface area contributed by atoms with Crippen molar-refractivity contribution in [3.05, 3.63) is 0 Å². The summed E-state index contributed by atoms with van der Waals surface area (Å²) in [5, 5.41) is 17.8. The molecule has 1 saturated carbocycles. The third-order valence-corrected chi connectivity index (χ3v) is 4.86. The third kappa shape index (κ3) is 5.41. The molecule has 1 aliphatic heterocycles. The predicted molar refractivity (Wildman–Crippen MR) is 80.4 cm³/mol. The van der Waals surface area contributed by atoms with Crippen LogP contribution in [0.4, 0.5) is 0 Å². The van der Waals surface area contributed by atoms with Crippen molar-refractivity contribution in [3.8, 4) is 0 Å². The van der Waals surface area contributed by atoms with Gasteiger partial charge in [0.2, 0.25) is 0 Å². The summed E-state index contributed by atoms with van der Waals surface area (Å²) in [7, 11) is 0. The molecule has 2 rings (SSSR count). The zero-order chi connectivity index (χ0) is 13.6. The van der Waals surface area contributed by atoms with Gasteiger partial charge in [-0.05, 0) is 45.6 Å². The summed E-state index contributed by atoms with van der Waals surface area (Å²) in [4.78, 5) is 0. The van der Waals surface area contributed by atoms with E-state index in [0.717, 1.165) is 19.4 Å². The number of nitrogens with one attached hydrogen (secondary N) is 2. The van der Waals surface area contributed by atoms with Crippen LogP contribution in [-0.4, -0.2) is 35.9 Å². The first kappa shape index (κ1) is 15.3. The van der Waals surface area contributed by atoms with Crippen molar-refractivity contribution in [1.29, 1.82) is 0 Å². The fourth-order valence-corrected chi connectivity index (χ4v) is 3.56. The van der Waals surface area contributed by atoms with Crippen molar-refractivity contribution in [1.82, 2.24) is 10.6 Å². The maximum Gasteiger partial charge on any atom is 0.0771 e. The van der Waals surface area contributed by atoms with Crippen LogP contribution in [-0.2, 0) is 0 Å². The molecule has 0 aromatic heterocycles. The molecule has 0 bridgehead atoms. The summed E-state index contributed by atoms with van der Waals surface area (Å²) in [6, 6.07) is 1.18. The Morgan fingerprint density at radius 1 is 1.16 bits per heavy atom. The van der Waals surface area contributed by atoms with Gasteiger partial charge in [0.15, 0.2) is 0 Å². The lowest BCUT2D eigenvalue weighted by molar-refractivity contribution is 0.0226. The Balaban J connectivity index is 1.68. The Morgan fingerprint density at radius 3 is 2.53 bits per heavy atom. The monoisotopic (exact) mass is 268 g/mol. The number of hydrogen-bond acceptors (Lipinski definition) is 3. The minimum atomic E-state index is -0.440. The molecule has 1 aliphatic carbocycles. The second-order valence-electron chi connectivity index (χ2n) is 6.80. The van der Waals surface area contributed by atoms with Crippen molar-refractivity contribution in [2.24, 2.45) is 0 Å². The molecular weight excluding hydrogens is 236 g/mol. The van der Waals surface area contributed by atoms with Crippen LogP contribution in [0.1, 0.15) is 71.1 Å². The molecule has 3 nitrogen and oxygen atoms in total. The Labute approximate surface area is 118 Å². The van der Waals surface area contributed by atoms with Gasteiger partial charge < -0.3 is 15.7 Å². The van der Waals surface area contributed by atoms with Crippen molar-refractivity contribution < 1.29 is 5.11 Å². The van der Waals surface area contributed by atoms with Gasteiger partial charge in [0, 0.05) is 18.6 Å². The second-order valence-corrected chi connectivity index (χ2v) is 6.80. The van der Waals surface area contributed by atoms with Crippen molar-refractivity contribution in [2.45, 2.75) is 88.8 Å². The predicted octanol–water partition coefficient (Wildman–Crippen LogP) is 2.58. The van der Waals surface area contributed by atoms with Crippen LogP contribution in [0, 0.1) is 0 Å². The number of aliphatic hydroxyl groups is 1. The summed E-state index contributed by atoms with van der Waals surface area (Å²) < 4.78 is 0. The topological polar surface area (TPSA) is 44.3 Å². The van der Waals surface area contributed by atoms with E-state index in [-0.39, 0.29) is 0 Å². The molecule has 3 heteroatoms. The van der Waals surface area contributed by atoms with Gasteiger partial charge in [0.05, 0.1) is 5.60 Å². The maximum absolute atomic E-state index is 10.6. The van der Waals surface area contributed by atoms with Crippen molar-refractivity contribution >= 4 is 0 Å². The molecule has 0 radical (unpaired) electrons. The zero-order valence-electron chi connectivity index (χ0n) is 12.6. The van der Waals surface area contributed by atoms with Crippen LogP contribution in [0.25, 0.3) is 0 Å². The van der Waals surface area contributed by atoms with E-state index in [1.54, 1.807) is 0 Å². The van der Waals surface area contributed by atoms with E-state index in [4.69, 9.17) is 0 Å². The number of hydrogen-bond donors (Lipinski definition) is 3. The smallest absolute Gasteiger partial charge is 0.0771 e. The van der Waals surface area contributed by atoms with Gasteiger partial charge in [-0.15, -0.1) is 0 Å². The van der Waals surface area contributed by atoms with Gasteiger partial charge in [-0.2, -0.15) is 0 Å². The lowest BCUT2D eigenvalue weighted by atomic mass is 9.93. The highest BCUT2D eigenvalue weighted by Crippen LogP contribution is 2.26. The molecule has 19 heavy (non-hydrogen) atoms. The normalized spacial score (nSPS) is 29.7. The Kier molecular flexibility index (Phi) is 6.11. The van der Waals surface area contributed by atoms with Gasteiger partial charge in [-0.1, -0.05) is 32.1 Å². The second kappa shape index (κ2) is 7.61. The number of rotatable bonds is 5. The largest absolute Gasteiger partial charge is 0.389 e. The fourth-order valence-electron chi connectivity index (χ4n) is 3.56. The molecule has 2 aliphatic rings. The molecule has 0 amide bonds. The van der Waals surface area contributed by atoms with Crippen LogP contribution < -0.4 is 10.6 Å². The van der Waals surface area contributed by atoms with Crippen molar-refractivity contribution in [3.63, 3.8) is 0 Å². The average molecular weight is 268 g/mol. The first-order chi connectivity index (χ1) is 9.18. The highest BCUT2D eigenvalue weighted by atomic mass is 16.3. The minimum Gasteiger partial charge on any atom is -0.389 e. The van der Waals surface area contributed by atoms with Crippen LogP contribution in [0.5, 0.6) is 0 Å². The van der Waals surface area contributed by atoms with Crippen LogP contribution in [0.15, 0.2) is 0 Å². The molecule has 112 valence electrons. The minimum absolute atomic E-state index is 0.440. The Morgan fingerprint density at radius 2 is 1.89 bits per heavy atom. The molecular formula is C16H32N2O. The highest BCUT2D eigenvalue weighted by Gasteiger charge is 2.28. The van der Waals surface area contributed by atoms with E-state index in [1.165, 1.54) is 57.9 Å². The Bertz CT molecular complexity index is 243. The van der Waals surface area contributed by atoms with E-state index in [0.29, 0.717) is 12.1 Å². The summed E-state index contributed by atoms with van der Waals surface area (Å²) in [5.74, 6) is 0. The van der Waals surface area contributed by atoms with E-state index in [9.17, 15) is 5.11 Å². The van der Waals surface area contributed by atoms with Crippen LogP contribution in [0.2, 0.25) is 0 Å². The van der Waals surface area contributed by atoms with Gasteiger partial charge in [0.25, 0.3) is 0 Å². The molecule has 3 N–H and O–H groups in total. The summed E-state index contributed by atoms with van der Waals surface area (Å²) >= 11 is 0. The maximum atomic E-state index is 10.6. The fraction of sp³-hybridized carbons (Fsp3) is 1.00. The molecule has 2 unspecified atom stereocenters. The summed E-state index contributed by atoms with van der Waals surface area (Å²) in [6.45, 7) is 4.22. The van der Waals surface area contributed by atoms with Gasteiger partial charge >= 0.3 is 0 Å². The standard InChI is InChI=1S/C16H32N2O/c1-14(12-15-8-4-7-11-17-15)18-13-16(19)9-5-2-3-6-10-16/h14-15,17-19H,2-13H2,1H3. The molecule has 0 aromatic carbocycles. The van der Waals surface area contributed by atoms with Gasteiger partial charge in [-0.25, -0.2) is 0 Å². The number of piperidine rings is 1. The van der Waals surface area contributed by atoms with Gasteiger partial charge in [-0.3, -0.25) is 0 Å². The van der Waals surface area contributed by atoms with Gasteiger partial charge in [0.1, 0.15) is 0 Å². The van der Waals surface area contributed by atoms with E-state index in [1.807, 2.05) is 0 Å². The third-order valence-electron chi connectivity index (χ3n) is 4.86. The molecule has 0 spiro atoms. The molecule has 2 atom stereocenters.